The Kier molecular flexibility index (Phi) is 4.01. The molecule has 23 heavy (non-hydrogen) atoms. The lowest BCUT2D eigenvalue weighted by Gasteiger charge is -2.34. The maximum Gasteiger partial charge on any atom is 0.214 e. The second-order valence-corrected chi connectivity index (χ2v) is 6.87. The van der Waals surface area contributed by atoms with Crippen molar-refractivity contribution in [2.45, 2.75) is 13.3 Å². The van der Waals surface area contributed by atoms with Crippen molar-refractivity contribution in [3.8, 4) is 11.3 Å². The zero-order chi connectivity index (χ0) is 15.6. The summed E-state index contributed by atoms with van der Waals surface area (Å²) >= 11 is 1.68. The van der Waals surface area contributed by atoms with Crippen LogP contribution in [0.15, 0.2) is 36.5 Å². The summed E-state index contributed by atoms with van der Waals surface area (Å²) in [4.78, 5) is 10.6. The molecule has 0 spiro atoms. The third kappa shape index (κ3) is 2.96. The second kappa shape index (κ2) is 6.29. The van der Waals surface area contributed by atoms with E-state index in [1.54, 1.807) is 11.3 Å². The molecule has 1 fully saturated rings. The molecule has 1 aliphatic heterocycles. The van der Waals surface area contributed by atoms with E-state index in [0.717, 1.165) is 47.5 Å². The molecule has 0 aliphatic carbocycles. The van der Waals surface area contributed by atoms with E-state index in [4.69, 9.17) is 10.1 Å². The Hall–Kier alpha value is -1.92. The second-order valence-electron chi connectivity index (χ2n) is 5.93. The molecule has 0 saturated carbocycles. The average Bonchev–Trinajstić information content (AvgIpc) is 3.16. The number of aromatic nitrogens is 3. The molecule has 0 radical (unpaired) electrons. The minimum Gasteiger partial charge on any atom is -0.344 e. The molecule has 0 unspecified atom stereocenters. The first-order chi connectivity index (χ1) is 11.3. The van der Waals surface area contributed by atoms with E-state index in [0.29, 0.717) is 0 Å². The van der Waals surface area contributed by atoms with Crippen molar-refractivity contribution in [1.29, 1.82) is 0 Å². The predicted molar refractivity (Wildman–Crippen MR) is 95.2 cm³/mol. The molecule has 1 saturated heterocycles. The van der Waals surface area contributed by atoms with Crippen molar-refractivity contribution >= 4 is 21.4 Å². The van der Waals surface area contributed by atoms with Crippen LogP contribution in [0.5, 0.6) is 0 Å². The summed E-state index contributed by atoms with van der Waals surface area (Å²) in [6, 6.07) is 10.3. The molecule has 0 amide bonds. The Balaban J connectivity index is 1.51. The van der Waals surface area contributed by atoms with Crippen LogP contribution in [0.3, 0.4) is 0 Å². The van der Waals surface area contributed by atoms with Gasteiger partial charge in [-0.2, -0.15) is 0 Å². The van der Waals surface area contributed by atoms with Gasteiger partial charge in [0.2, 0.25) is 10.1 Å². The monoisotopic (exact) mass is 327 g/mol. The number of fused-ring (bicyclic) bond motifs is 1. The smallest absolute Gasteiger partial charge is 0.214 e. The zero-order valence-electron chi connectivity index (χ0n) is 13.4. The van der Waals surface area contributed by atoms with E-state index in [9.17, 15) is 0 Å². The van der Waals surface area contributed by atoms with E-state index in [-0.39, 0.29) is 0 Å². The fourth-order valence-electron chi connectivity index (χ4n) is 3.04. The lowest BCUT2D eigenvalue weighted by atomic mass is 10.2. The molecule has 3 heterocycles. The summed E-state index contributed by atoms with van der Waals surface area (Å²) in [5.74, 6) is 0. The number of hydrogen-bond donors (Lipinski definition) is 0. The van der Waals surface area contributed by atoms with Gasteiger partial charge in [-0.15, -0.1) is 5.10 Å². The number of rotatable bonds is 4. The predicted octanol–water partition coefficient (Wildman–Crippen LogP) is 2.99. The van der Waals surface area contributed by atoms with E-state index >= 15 is 0 Å². The molecule has 120 valence electrons. The van der Waals surface area contributed by atoms with Crippen LogP contribution < -0.4 is 4.90 Å². The van der Waals surface area contributed by atoms with Crippen molar-refractivity contribution in [2.24, 2.45) is 0 Å². The Labute approximate surface area is 140 Å². The SMILES string of the molecule is CCCN1CCN(c2nn3cc(-c4ccccc4)nc3s2)CC1. The highest BCUT2D eigenvalue weighted by atomic mass is 32.1. The molecule has 4 rings (SSSR count). The van der Waals surface area contributed by atoms with Gasteiger partial charge in [0.1, 0.15) is 0 Å². The fraction of sp³-hybridized carbons (Fsp3) is 0.412. The van der Waals surface area contributed by atoms with Gasteiger partial charge in [-0.1, -0.05) is 48.6 Å². The van der Waals surface area contributed by atoms with Gasteiger partial charge in [-0.25, -0.2) is 9.50 Å². The molecule has 6 heteroatoms. The van der Waals surface area contributed by atoms with Gasteiger partial charge in [-0.3, -0.25) is 4.90 Å². The van der Waals surface area contributed by atoms with Gasteiger partial charge in [0.25, 0.3) is 0 Å². The summed E-state index contributed by atoms with van der Waals surface area (Å²) < 4.78 is 1.92. The minimum absolute atomic E-state index is 0.967. The minimum atomic E-state index is 0.967. The molecule has 5 nitrogen and oxygen atoms in total. The van der Waals surface area contributed by atoms with Gasteiger partial charge >= 0.3 is 0 Å². The first kappa shape index (κ1) is 14.7. The van der Waals surface area contributed by atoms with Crippen molar-refractivity contribution in [3.63, 3.8) is 0 Å². The van der Waals surface area contributed by atoms with Crippen LogP contribution in [0.25, 0.3) is 16.2 Å². The largest absolute Gasteiger partial charge is 0.344 e. The molecule has 0 N–H and O–H groups in total. The van der Waals surface area contributed by atoms with Crippen LogP contribution in [0.1, 0.15) is 13.3 Å². The fourth-order valence-corrected chi connectivity index (χ4v) is 3.98. The molecule has 0 atom stereocenters. The van der Waals surface area contributed by atoms with E-state index in [2.05, 4.69) is 28.9 Å². The molecular formula is C17H21N5S. The van der Waals surface area contributed by atoms with Crippen LogP contribution in [0.2, 0.25) is 0 Å². The van der Waals surface area contributed by atoms with Crippen molar-refractivity contribution < 1.29 is 0 Å². The molecule has 3 aromatic rings. The van der Waals surface area contributed by atoms with Crippen LogP contribution >= 0.6 is 11.3 Å². The van der Waals surface area contributed by atoms with Crippen molar-refractivity contribution in [1.82, 2.24) is 19.5 Å². The van der Waals surface area contributed by atoms with Crippen LogP contribution in [-0.4, -0.2) is 52.2 Å². The number of piperazine rings is 1. The molecule has 1 aromatic carbocycles. The third-order valence-electron chi connectivity index (χ3n) is 4.28. The summed E-state index contributed by atoms with van der Waals surface area (Å²) in [7, 11) is 0. The standard InChI is InChI=1S/C17H21N5S/c1-2-8-20-9-11-21(12-10-20)17-19-22-13-15(18-16(22)23-17)14-6-4-3-5-7-14/h3-7,13H,2,8-12H2,1H3. The number of benzene rings is 1. The van der Waals surface area contributed by atoms with Crippen LogP contribution in [-0.2, 0) is 0 Å². The highest BCUT2D eigenvalue weighted by Crippen LogP contribution is 2.27. The maximum absolute atomic E-state index is 4.73. The van der Waals surface area contributed by atoms with Crippen LogP contribution in [0, 0.1) is 0 Å². The normalized spacial score (nSPS) is 16.3. The van der Waals surface area contributed by atoms with E-state index < -0.39 is 0 Å². The first-order valence-corrected chi connectivity index (χ1v) is 9.04. The van der Waals surface area contributed by atoms with Gasteiger partial charge in [0.15, 0.2) is 0 Å². The summed E-state index contributed by atoms with van der Waals surface area (Å²) in [5, 5.41) is 5.82. The van der Waals surface area contributed by atoms with Gasteiger partial charge in [0, 0.05) is 31.7 Å². The number of hydrogen-bond acceptors (Lipinski definition) is 5. The summed E-state index contributed by atoms with van der Waals surface area (Å²) in [6.45, 7) is 7.82. The molecular weight excluding hydrogens is 306 g/mol. The molecule has 0 bridgehead atoms. The topological polar surface area (TPSA) is 36.7 Å². The Morgan fingerprint density at radius 2 is 1.87 bits per heavy atom. The maximum atomic E-state index is 4.73. The van der Waals surface area contributed by atoms with Gasteiger partial charge in [0.05, 0.1) is 11.9 Å². The lowest BCUT2D eigenvalue weighted by Crippen LogP contribution is -2.46. The molecule has 2 aromatic heterocycles. The quantitative estimate of drug-likeness (QED) is 0.738. The average molecular weight is 327 g/mol. The first-order valence-electron chi connectivity index (χ1n) is 8.22. The summed E-state index contributed by atoms with van der Waals surface area (Å²) in [5.41, 5.74) is 2.13. The van der Waals surface area contributed by atoms with Crippen LogP contribution in [0.4, 0.5) is 5.13 Å². The highest BCUT2D eigenvalue weighted by molar-refractivity contribution is 7.20. The Bertz CT molecular complexity index is 739. The van der Waals surface area contributed by atoms with Crippen molar-refractivity contribution in [2.75, 3.05) is 37.6 Å². The summed E-state index contributed by atoms with van der Waals surface area (Å²) in [6.07, 6.45) is 3.26. The van der Waals surface area contributed by atoms with E-state index in [1.807, 2.05) is 28.9 Å². The van der Waals surface area contributed by atoms with Crippen molar-refractivity contribution in [3.05, 3.63) is 36.5 Å². The van der Waals surface area contributed by atoms with Gasteiger partial charge < -0.3 is 4.90 Å². The van der Waals surface area contributed by atoms with Gasteiger partial charge in [-0.05, 0) is 13.0 Å². The zero-order valence-corrected chi connectivity index (χ0v) is 14.2. The number of anilines is 1. The van der Waals surface area contributed by atoms with E-state index in [1.165, 1.54) is 13.0 Å². The Morgan fingerprint density at radius 1 is 1.09 bits per heavy atom. The number of imidazole rings is 1. The number of nitrogens with zero attached hydrogens (tertiary/aromatic N) is 5. The molecule has 1 aliphatic rings. The lowest BCUT2D eigenvalue weighted by molar-refractivity contribution is 0.258. The highest BCUT2D eigenvalue weighted by Gasteiger charge is 2.20. The third-order valence-corrected chi connectivity index (χ3v) is 5.27. The Morgan fingerprint density at radius 3 is 2.57 bits per heavy atom.